The monoisotopic (exact) mass is 227 g/mol. The third-order valence-corrected chi connectivity index (χ3v) is 4.18. The van der Waals surface area contributed by atoms with Crippen molar-refractivity contribution in [2.75, 3.05) is 18.0 Å². The summed E-state index contributed by atoms with van der Waals surface area (Å²) in [5.41, 5.74) is 0.644. The minimum absolute atomic E-state index is 0.644. The van der Waals surface area contributed by atoms with E-state index in [-0.39, 0.29) is 0 Å². The van der Waals surface area contributed by atoms with Crippen molar-refractivity contribution in [3.05, 3.63) is 23.9 Å². The first-order valence-electron chi connectivity index (χ1n) is 6.48. The number of anilines is 1. The predicted octanol–water partition coefficient (Wildman–Crippen LogP) is 2.58. The fraction of sp³-hybridized carbons (Fsp3) is 0.571. The molecule has 2 unspecified atom stereocenters. The summed E-state index contributed by atoms with van der Waals surface area (Å²) in [5.74, 6) is 2.79. The second-order valence-electron chi connectivity index (χ2n) is 5.23. The summed E-state index contributed by atoms with van der Waals surface area (Å²) in [4.78, 5) is 6.78. The molecule has 0 spiro atoms. The van der Waals surface area contributed by atoms with Crippen molar-refractivity contribution in [1.82, 2.24) is 4.98 Å². The van der Waals surface area contributed by atoms with Gasteiger partial charge in [0.1, 0.15) is 11.9 Å². The van der Waals surface area contributed by atoms with E-state index in [2.05, 4.69) is 16.0 Å². The van der Waals surface area contributed by atoms with Crippen LogP contribution in [0, 0.1) is 23.2 Å². The summed E-state index contributed by atoms with van der Waals surface area (Å²) in [6, 6.07) is 5.96. The highest BCUT2D eigenvalue weighted by atomic mass is 15.2. The molecule has 1 saturated heterocycles. The van der Waals surface area contributed by atoms with Crippen molar-refractivity contribution in [3.8, 4) is 6.07 Å². The number of hydrogen-bond acceptors (Lipinski definition) is 3. The first-order valence-corrected chi connectivity index (χ1v) is 6.48. The summed E-state index contributed by atoms with van der Waals surface area (Å²) in [6.45, 7) is 2.31. The van der Waals surface area contributed by atoms with Gasteiger partial charge in [-0.25, -0.2) is 4.98 Å². The largest absolute Gasteiger partial charge is 0.356 e. The van der Waals surface area contributed by atoms with Crippen LogP contribution in [0.2, 0.25) is 0 Å². The SMILES string of the molecule is N#Cc1ccc(N2CC3CCCCC3C2)nc1. The van der Waals surface area contributed by atoms with Crippen LogP contribution in [0.5, 0.6) is 0 Å². The van der Waals surface area contributed by atoms with Gasteiger partial charge in [-0.15, -0.1) is 0 Å². The van der Waals surface area contributed by atoms with Gasteiger partial charge in [-0.3, -0.25) is 0 Å². The maximum absolute atomic E-state index is 8.76. The van der Waals surface area contributed by atoms with Gasteiger partial charge in [-0.1, -0.05) is 12.8 Å². The molecule has 0 N–H and O–H groups in total. The lowest BCUT2D eigenvalue weighted by molar-refractivity contribution is 0.299. The Hall–Kier alpha value is -1.56. The van der Waals surface area contributed by atoms with Crippen molar-refractivity contribution in [3.63, 3.8) is 0 Å². The molecule has 1 saturated carbocycles. The molecular formula is C14H17N3. The van der Waals surface area contributed by atoms with Gasteiger partial charge >= 0.3 is 0 Å². The molecule has 3 rings (SSSR count). The van der Waals surface area contributed by atoms with E-state index in [4.69, 9.17) is 5.26 Å². The summed E-state index contributed by atoms with van der Waals surface area (Å²) in [5, 5.41) is 8.76. The summed E-state index contributed by atoms with van der Waals surface area (Å²) >= 11 is 0. The van der Waals surface area contributed by atoms with Gasteiger partial charge in [-0.05, 0) is 36.8 Å². The highest BCUT2D eigenvalue weighted by molar-refractivity contribution is 5.43. The van der Waals surface area contributed by atoms with Gasteiger partial charge in [-0.2, -0.15) is 5.26 Å². The number of hydrogen-bond donors (Lipinski definition) is 0. The number of nitriles is 1. The van der Waals surface area contributed by atoms with Gasteiger partial charge in [0, 0.05) is 19.3 Å². The van der Waals surface area contributed by atoms with Gasteiger partial charge in [0.15, 0.2) is 0 Å². The highest BCUT2D eigenvalue weighted by Gasteiger charge is 2.34. The molecule has 1 aromatic rings. The zero-order valence-corrected chi connectivity index (χ0v) is 9.97. The molecule has 3 heteroatoms. The Balaban J connectivity index is 1.74. The molecule has 0 amide bonds. The number of nitrogens with zero attached hydrogens (tertiary/aromatic N) is 3. The Bertz CT molecular complexity index is 418. The molecule has 2 aliphatic rings. The second kappa shape index (κ2) is 4.37. The molecule has 2 heterocycles. The number of pyridine rings is 1. The van der Waals surface area contributed by atoms with Crippen LogP contribution in [0.3, 0.4) is 0 Å². The summed E-state index contributed by atoms with van der Waals surface area (Å²) < 4.78 is 0. The van der Waals surface area contributed by atoms with Gasteiger partial charge < -0.3 is 4.90 Å². The van der Waals surface area contributed by atoms with E-state index in [9.17, 15) is 0 Å². The molecule has 1 aliphatic heterocycles. The minimum Gasteiger partial charge on any atom is -0.356 e. The van der Waals surface area contributed by atoms with E-state index in [0.29, 0.717) is 5.56 Å². The molecule has 1 aliphatic carbocycles. The van der Waals surface area contributed by atoms with E-state index in [1.165, 1.54) is 25.7 Å². The highest BCUT2D eigenvalue weighted by Crippen LogP contribution is 2.37. The van der Waals surface area contributed by atoms with Crippen LogP contribution in [0.15, 0.2) is 18.3 Å². The van der Waals surface area contributed by atoms with Crippen molar-refractivity contribution >= 4 is 5.82 Å². The van der Waals surface area contributed by atoms with Gasteiger partial charge in [0.2, 0.25) is 0 Å². The van der Waals surface area contributed by atoms with E-state index < -0.39 is 0 Å². The number of aromatic nitrogens is 1. The lowest BCUT2D eigenvalue weighted by atomic mass is 9.82. The van der Waals surface area contributed by atoms with Crippen LogP contribution in [0.25, 0.3) is 0 Å². The quantitative estimate of drug-likeness (QED) is 0.740. The maximum atomic E-state index is 8.76. The molecule has 2 fully saturated rings. The molecule has 0 bridgehead atoms. The minimum atomic E-state index is 0.644. The van der Waals surface area contributed by atoms with E-state index in [1.54, 1.807) is 6.20 Å². The maximum Gasteiger partial charge on any atom is 0.128 e. The Kier molecular flexibility index (Phi) is 2.72. The average molecular weight is 227 g/mol. The van der Waals surface area contributed by atoms with Crippen molar-refractivity contribution < 1.29 is 0 Å². The van der Waals surface area contributed by atoms with E-state index >= 15 is 0 Å². The van der Waals surface area contributed by atoms with E-state index in [0.717, 1.165) is 30.7 Å². The fourth-order valence-corrected chi connectivity index (χ4v) is 3.23. The lowest BCUT2D eigenvalue weighted by Gasteiger charge is -2.22. The lowest BCUT2D eigenvalue weighted by Crippen LogP contribution is -2.20. The summed E-state index contributed by atoms with van der Waals surface area (Å²) in [6.07, 6.45) is 7.25. The molecule has 0 radical (unpaired) electrons. The van der Waals surface area contributed by atoms with Crippen LogP contribution >= 0.6 is 0 Å². The number of fused-ring (bicyclic) bond motifs is 1. The molecule has 2 atom stereocenters. The van der Waals surface area contributed by atoms with Crippen LogP contribution in [-0.2, 0) is 0 Å². The first-order chi connectivity index (χ1) is 8.36. The Labute approximate surface area is 102 Å². The third kappa shape index (κ3) is 2.00. The van der Waals surface area contributed by atoms with Gasteiger partial charge in [0.25, 0.3) is 0 Å². The smallest absolute Gasteiger partial charge is 0.128 e. The number of rotatable bonds is 1. The Morgan fingerprint density at radius 1 is 1.18 bits per heavy atom. The van der Waals surface area contributed by atoms with Crippen molar-refractivity contribution in [2.24, 2.45) is 11.8 Å². The topological polar surface area (TPSA) is 39.9 Å². The first kappa shape index (κ1) is 10.6. The van der Waals surface area contributed by atoms with Gasteiger partial charge in [0.05, 0.1) is 5.56 Å². The third-order valence-electron chi connectivity index (χ3n) is 4.18. The van der Waals surface area contributed by atoms with Crippen molar-refractivity contribution in [2.45, 2.75) is 25.7 Å². The molecule has 88 valence electrons. The molecule has 3 nitrogen and oxygen atoms in total. The predicted molar refractivity (Wildman–Crippen MR) is 66.6 cm³/mol. The zero-order chi connectivity index (χ0) is 11.7. The normalized spacial score (nSPS) is 27.6. The zero-order valence-electron chi connectivity index (χ0n) is 9.97. The molecule has 0 aromatic carbocycles. The van der Waals surface area contributed by atoms with Crippen molar-refractivity contribution in [1.29, 1.82) is 5.26 Å². The standard InChI is InChI=1S/C14H17N3/c15-7-11-5-6-14(16-8-11)17-9-12-3-1-2-4-13(12)10-17/h5-6,8,12-13H,1-4,9-10H2. The average Bonchev–Trinajstić information content (AvgIpc) is 2.82. The molecule has 17 heavy (non-hydrogen) atoms. The fourth-order valence-electron chi connectivity index (χ4n) is 3.23. The van der Waals surface area contributed by atoms with Crippen LogP contribution in [0.4, 0.5) is 5.82 Å². The molecular weight excluding hydrogens is 210 g/mol. The Morgan fingerprint density at radius 3 is 2.41 bits per heavy atom. The van der Waals surface area contributed by atoms with Crippen LogP contribution in [0.1, 0.15) is 31.2 Å². The summed E-state index contributed by atoms with van der Waals surface area (Å²) in [7, 11) is 0. The van der Waals surface area contributed by atoms with Crippen LogP contribution in [-0.4, -0.2) is 18.1 Å². The molecule has 1 aromatic heterocycles. The van der Waals surface area contributed by atoms with E-state index in [1.807, 2.05) is 12.1 Å². The second-order valence-corrected chi connectivity index (χ2v) is 5.23. The van der Waals surface area contributed by atoms with Crippen LogP contribution < -0.4 is 4.90 Å². The Morgan fingerprint density at radius 2 is 1.88 bits per heavy atom.